The van der Waals surface area contributed by atoms with Crippen LogP contribution in [0.3, 0.4) is 0 Å². The van der Waals surface area contributed by atoms with Crippen molar-refractivity contribution in [2.45, 2.75) is 24.9 Å². The normalized spacial score (nSPS) is 24.6. The number of aliphatic hydroxyl groups is 1. The largest absolute Gasteiger partial charge is 0.393 e. The fourth-order valence-electron chi connectivity index (χ4n) is 3.01. The Kier molecular flexibility index (Phi) is 4.17. The molecule has 1 fully saturated rings. The van der Waals surface area contributed by atoms with E-state index in [0.29, 0.717) is 23.7 Å². The standard InChI is InChI=1S/C14H18ClN5O2/c1-20-7-18-19-13(20)8-2-9(12(21)3-8)5-17-14(22)11-4-10(15)6-16-11/h4,6-9,12,16,21H,2-3,5H2,1H3,(H,17,22)/t8-,9+,12+/m0/s1. The van der Waals surface area contributed by atoms with E-state index in [1.807, 2.05) is 11.6 Å². The quantitative estimate of drug-likeness (QED) is 0.784. The molecule has 2 aromatic rings. The van der Waals surface area contributed by atoms with Crippen LogP contribution in [-0.4, -0.2) is 43.4 Å². The molecule has 1 aliphatic rings. The van der Waals surface area contributed by atoms with E-state index >= 15 is 0 Å². The maximum absolute atomic E-state index is 12.0. The second-order valence-corrected chi connectivity index (χ2v) is 6.17. The van der Waals surface area contributed by atoms with Crippen molar-refractivity contribution in [2.24, 2.45) is 13.0 Å². The molecule has 0 bridgehead atoms. The van der Waals surface area contributed by atoms with E-state index in [0.717, 1.165) is 12.2 Å². The first-order valence-electron chi connectivity index (χ1n) is 7.18. The minimum absolute atomic E-state index is 0.0103. The van der Waals surface area contributed by atoms with Crippen molar-refractivity contribution in [3.05, 3.63) is 35.1 Å². The number of H-pyrrole nitrogens is 1. The summed E-state index contributed by atoms with van der Waals surface area (Å²) >= 11 is 5.78. The van der Waals surface area contributed by atoms with Gasteiger partial charge in [0.25, 0.3) is 5.91 Å². The number of rotatable bonds is 4. The van der Waals surface area contributed by atoms with Crippen LogP contribution in [0.25, 0.3) is 0 Å². The van der Waals surface area contributed by atoms with Gasteiger partial charge in [-0.25, -0.2) is 0 Å². The highest BCUT2D eigenvalue weighted by Crippen LogP contribution is 2.37. The molecule has 2 heterocycles. The first kappa shape index (κ1) is 15.1. The Morgan fingerprint density at radius 1 is 1.59 bits per heavy atom. The van der Waals surface area contributed by atoms with Crippen LogP contribution in [0.2, 0.25) is 5.02 Å². The van der Waals surface area contributed by atoms with Gasteiger partial charge in [-0.2, -0.15) is 0 Å². The molecule has 1 amide bonds. The summed E-state index contributed by atoms with van der Waals surface area (Å²) in [6.45, 7) is 0.422. The molecule has 0 aromatic carbocycles. The molecule has 7 nitrogen and oxygen atoms in total. The molecule has 0 unspecified atom stereocenters. The average Bonchev–Trinajstić information content (AvgIpc) is 3.17. The number of amides is 1. The molecule has 3 rings (SSSR count). The Morgan fingerprint density at radius 2 is 2.41 bits per heavy atom. The zero-order chi connectivity index (χ0) is 15.7. The van der Waals surface area contributed by atoms with E-state index in [1.165, 1.54) is 0 Å². The number of hydrogen-bond acceptors (Lipinski definition) is 4. The van der Waals surface area contributed by atoms with Crippen LogP contribution in [0.15, 0.2) is 18.6 Å². The van der Waals surface area contributed by atoms with Gasteiger partial charge in [0.1, 0.15) is 17.8 Å². The summed E-state index contributed by atoms with van der Waals surface area (Å²) in [7, 11) is 1.89. The number of aromatic nitrogens is 4. The number of aryl methyl sites for hydroxylation is 1. The molecule has 2 aromatic heterocycles. The monoisotopic (exact) mass is 323 g/mol. The Hall–Kier alpha value is -1.86. The molecule has 3 atom stereocenters. The van der Waals surface area contributed by atoms with Gasteiger partial charge in [0.05, 0.1) is 11.1 Å². The van der Waals surface area contributed by atoms with E-state index in [2.05, 4.69) is 20.5 Å². The Balaban J connectivity index is 1.57. The lowest BCUT2D eigenvalue weighted by Crippen LogP contribution is -2.32. The molecule has 0 radical (unpaired) electrons. The predicted molar refractivity (Wildman–Crippen MR) is 80.6 cm³/mol. The van der Waals surface area contributed by atoms with Crippen LogP contribution < -0.4 is 5.32 Å². The summed E-state index contributed by atoms with van der Waals surface area (Å²) in [5.74, 6) is 0.839. The average molecular weight is 324 g/mol. The van der Waals surface area contributed by atoms with Crippen molar-refractivity contribution in [1.29, 1.82) is 0 Å². The van der Waals surface area contributed by atoms with E-state index in [-0.39, 0.29) is 17.7 Å². The third kappa shape index (κ3) is 3.00. The van der Waals surface area contributed by atoms with Crippen LogP contribution in [0.4, 0.5) is 0 Å². The number of nitrogens with one attached hydrogen (secondary N) is 2. The highest BCUT2D eigenvalue weighted by Gasteiger charge is 2.36. The summed E-state index contributed by atoms with van der Waals surface area (Å²) in [4.78, 5) is 14.8. The second-order valence-electron chi connectivity index (χ2n) is 5.74. The minimum Gasteiger partial charge on any atom is -0.393 e. The number of hydrogen-bond donors (Lipinski definition) is 3. The van der Waals surface area contributed by atoms with Gasteiger partial charge in [-0.15, -0.1) is 10.2 Å². The van der Waals surface area contributed by atoms with Crippen molar-refractivity contribution in [2.75, 3.05) is 6.54 Å². The summed E-state index contributed by atoms with van der Waals surface area (Å²) < 4.78 is 1.87. The number of halogens is 1. The van der Waals surface area contributed by atoms with Gasteiger partial charge in [0.15, 0.2) is 0 Å². The van der Waals surface area contributed by atoms with Crippen LogP contribution in [0.5, 0.6) is 0 Å². The maximum atomic E-state index is 12.0. The summed E-state index contributed by atoms with van der Waals surface area (Å²) in [6.07, 6.45) is 4.19. The van der Waals surface area contributed by atoms with Crippen LogP contribution in [0.1, 0.15) is 35.1 Å². The molecule has 0 spiro atoms. The third-order valence-corrected chi connectivity index (χ3v) is 4.40. The lowest BCUT2D eigenvalue weighted by Gasteiger charge is -2.14. The SMILES string of the molecule is Cn1cnnc1[C@H]1C[C@H](CNC(=O)c2cc(Cl)c[nH]2)[C@H](O)C1. The molecule has 1 aliphatic carbocycles. The summed E-state index contributed by atoms with van der Waals surface area (Å²) in [5.41, 5.74) is 0.419. The van der Waals surface area contributed by atoms with E-state index in [4.69, 9.17) is 11.6 Å². The molecular weight excluding hydrogens is 306 g/mol. The van der Waals surface area contributed by atoms with Crippen LogP contribution in [-0.2, 0) is 7.05 Å². The van der Waals surface area contributed by atoms with Crippen molar-refractivity contribution < 1.29 is 9.90 Å². The van der Waals surface area contributed by atoms with Gasteiger partial charge in [0.2, 0.25) is 0 Å². The molecular formula is C14H18ClN5O2. The van der Waals surface area contributed by atoms with Gasteiger partial charge >= 0.3 is 0 Å². The van der Waals surface area contributed by atoms with E-state index < -0.39 is 6.10 Å². The number of carbonyl (C=O) groups excluding carboxylic acids is 1. The highest BCUT2D eigenvalue weighted by atomic mass is 35.5. The number of nitrogens with zero attached hydrogens (tertiary/aromatic N) is 3. The fourth-order valence-corrected chi connectivity index (χ4v) is 3.18. The second kappa shape index (κ2) is 6.10. The molecule has 0 saturated heterocycles. The number of aliphatic hydroxyl groups excluding tert-OH is 1. The third-order valence-electron chi connectivity index (χ3n) is 4.19. The van der Waals surface area contributed by atoms with Gasteiger partial charge in [-0.05, 0) is 18.9 Å². The van der Waals surface area contributed by atoms with E-state index in [1.54, 1.807) is 18.6 Å². The summed E-state index contributed by atoms with van der Waals surface area (Å²) in [5, 5.41) is 21.5. The van der Waals surface area contributed by atoms with Gasteiger partial charge in [0, 0.05) is 31.6 Å². The van der Waals surface area contributed by atoms with Crippen molar-refractivity contribution in [1.82, 2.24) is 25.1 Å². The zero-order valence-electron chi connectivity index (χ0n) is 12.2. The molecule has 118 valence electrons. The lowest BCUT2D eigenvalue weighted by molar-refractivity contribution is 0.0912. The molecule has 0 aliphatic heterocycles. The Labute approximate surface area is 132 Å². The smallest absolute Gasteiger partial charge is 0.267 e. The topological polar surface area (TPSA) is 95.8 Å². The molecule has 22 heavy (non-hydrogen) atoms. The van der Waals surface area contributed by atoms with Crippen molar-refractivity contribution in [3.8, 4) is 0 Å². The van der Waals surface area contributed by atoms with Gasteiger partial charge < -0.3 is 20.0 Å². The Morgan fingerprint density at radius 3 is 3.05 bits per heavy atom. The van der Waals surface area contributed by atoms with Gasteiger partial charge in [-0.3, -0.25) is 4.79 Å². The highest BCUT2D eigenvalue weighted by molar-refractivity contribution is 6.30. The van der Waals surface area contributed by atoms with Crippen molar-refractivity contribution >= 4 is 17.5 Å². The van der Waals surface area contributed by atoms with E-state index in [9.17, 15) is 9.90 Å². The zero-order valence-corrected chi connectivity index (χ0v) is 12.9. The molecule has 8 heteroatoms. The lowest BCUT2D eigenvalue weighted by atomic mass is 10.0. The van der Waals surface area contributed by atoms with Crippen LogP contribution in [0, 0.1) is 5.92 Å². The Bertz CT molecular complexity index is 668. The molecule has 3 N–H and O–H groups in total. The maximum Gasteiger partial charge on any atom is 0.267 e. The summed E-state index contributed by atoms with van der Waals surface area (Å²) in [6, 6.07) is 1.57. The van der Waals surface area contributed by atoms with Crippen molar-refractivity contribution in [3.63, 3.8) is 0 Å². The number of carbonyl (C=O) groups is 1. The molecule has 1 saturated carbocycles. The fraction of sp³-hybridized carbons (Fsp3) is 0.500. The predicted octanol–water partition coefficient (Wildman–Crippen LogP) is 1.08. The van der Waals surface area contributed by atoms with Gasteiger partial charge in [-0.1, -0.05) is 11.6 Å². The minimum atomic E-state index is -0.450. The first-order valence-corrected chi connectivity index (χ1v) is 7.56. The number of aromatic amines is 1. The first-order chi connectivity index (χ1) is 10.5. The van der Waals surface area contributed by atoms with Crippen LogP contribution >= 0.6 is 11.6 Å².